The maximum atomic E-state index is 5.34. The van der Waals surface area contributed by atoms with Gasteiger partial charge >= 0.3 is 0 Å². The van der Waals surface area contributed by atoms with Crippen LogP contribution in [0.25, 0.3) is 11.3 Å². The number of imidazole rings is 1. The Kier molecular flexibility index (Phi) is 2.00. The number of rotatable bonds is 1. The van der Waals surface area contributed by atoms with Crippen molar-refractivity contribution in [3.8, 4) is 22.8 Å². The van der Waals surface area contributed by atoms with E-state index in [1.54, 1.807) is 0 Å². The molecule has 2 aromatic rings. The van der Waals surface area contributed by atoms with Gasteiger partial charge in [0.05, 0.1) is 5.69 Å². The van der Waals surface area contributed by atoms with Crippen LogP contribution < -0.4 is 9.47 Å². The van der Waals surface area contributed by atoms with E-state index in [-0.39, 0.29) is 0 Å². The van der Waals surface area contributed by atoms with Crippen molar-refractivity contribution in [3.05, 3.63) is 29.2 Å². The highest BCUT2D eigenvalue weighted by molar-refractivity contribution is 7.71. The van der Waals surface area contributed by atoms with Crippen molar-refractivity contribution < 1.29 is 9.47 Å². The van der Waals surface area contributed by atoms with Crippen LogP contribution in [0.5, 0.6) is 11.5 Å². The Balaban J connectivity index is 2.14. The van der Waals surface area contributed by atoms with Crippen LogP contribution in [-0.4, -0.2) is 16.3 Å². The molecule has 1 aromatic heterocycles. The predicted octanol–water partition coefficient (Wildman–Crippen LogP) is 2.48. The van der Waals surface area contributed by atoms with E-state index in [4.69, 9.17) is 21.7 Å². The molecule has 0 fully saturated rings. The Labute approximate surface area is 97.4 Å². The summed E-state index contributed by atoms with van der Waals surface area (Å²) in [5, 5.41) is 0. The second kappa shape index (κ2) is 3.38. The number of ether oxygens (including phenoxy) is 2. The largest absolute Gasteiger partial charge is 0.454 e. The molecule has 0 radical (unpaired) electrons. The van der Waals surface area contributed by atoms with Crippen molar-refractivity contribution in [2.45, 2.75) is 0 Å². The number of nitrogens with one attached hydrogen (secondary N) is 1. The van der Waals surface area contributed by atoms with Gasteiger partial charge in [0.25, 0.3) is 0 Å². The summed E-state index contributed by atoms with van der Waals surface area (Å²) < 4.78 is 13.2. The van der Waals surface area contributed by atoms with Crippen LogP contribution in [0, 0.1) is 4.77 Å². The van der Waals surface area contributed by atoms with Crippen LogP contribution in [0.15, 0.2) is 24.4 Å². The van der Waals surface area contributed by atoms with Crippen molar-refractivity contribution in [2.75, 3.05) is 6.79 Å². The zero-order valence-electron chi connectivity index (χ0n) is 8.69. The normalized spacial score (nSPS) is 13.1. The van der Waals surface area contributed by atoms with E-state index in [9.17, 15) is 0 Å². The number of nitrogens with zero attached hydrogens (tertiary/aromatic N) is 1. The van der Waals surface area contributed by atoms with Gasteiger partial charge in [0, 0.05) is 18.8 Å². The van der Waals surface area contributed by atoms with Gasteiger partial charge < -0.3 is 19.0 Å². The van der Waals surface area contributed by atoms with E-state index in [2.05, 4.69) is 4.98 Å². The highest BCUT2D eigenvalue weighted by Gasteiger charge is 2.14. The number of hydrogen-bond donors (Lipinski definition) is 1. The molecule has 0 bridgehead atoms. The lowest BCUT2D eigenvalue weighted by molar-refractivity contribution is 0.174. The highest BCUT2D eigenvalue weighted by atomic mass is 32.1. The van der Waals surface area contributed by atoms with E-state index in [1.165, 1.54) is 0 Å². The van der Waals surface area contributed by atoms with Crippen LogP contribution in [0.3, 0.4) is 0 Å². The number of hydrogen-bond acceptors (Lipinski definition) is 3. The van der Waals surface area contributed by atoms with E-state index in [1.807, 2.05) is 36.0 Å². The average Bonchev–Trinajstić information content (AvgIpc) is 2.86. The van der Waals surface area contributed by atoms with Gasteiger partial charge in [0.2, 0.25) is 6.79 Å². The molecule has 1 aromatic carbocycles. The fourth-order valence-corrected chi connectivity index (χ4v) is 1.92. The van der Waals surface area contributed by atoms with Crippen LogP contribution in [0.4, 0.5) is 0 Å². The number of aromatic amines is 1. The van der Waals surface area contributed by atoms with Crippen molar-refractivity contribution in [2.24, 2.45) is 7.05 Å². The Bertz CT molecular complexity index is 600. The Morgan fingerprint density at radius 1 is 1.31 bits per heavy atom. The summed E-state index contributed by atoms with van der Waals surface area (Å²) >= 11 is 5.12. The number of benzene rings is 1. The van der Waals surface area contributed by atoms with Gasteiger partial charge in [-0.2, -0.15) is 0 Å². The summed E-state index contributed by atoms with van der Waals surface area (Å²) in [6, 6.07) is 5.86. The van der Waals surface area contributed by atoms with Gasteiger partial charge in [0.1, 0.15) is 0 Å². The maximum absolute atomic E-state index is 5.34. The molecule has 0 atom stereocenters. The summed E-state index contributed by atoms with van der Waals surface area (Å²) in [6.45, 7) is 0.296. The van der Waals surface area contributed by atoms with Crippen molar-refractivity contribution in [3.63, 3.8) is 0 Å². The predicted molar refractivity (Wildman–Crippen MR) is 62.2 cm³/mol. The second-order valence-electron chi connectivity index (χ2n) is 3.61. The molecule has 16 heavy (non-hydrogen) atoms. The lowest BCUT2D eigenvalue weighted by Crippen LogP contribution is -1.93. The molecule has 1 aliphatic heterocycles. The topological polar surface area (TPSA) is 39.2 Å². The molecule has 1 aliphatic rings. The van der Waals surface area contributed by atoms with E-state index in [0.29, 0.717) is 11.6 Å². The molecule has 4 nitrogen and oxygen atoms in total. The van der Waals surface area contributed by atoms with E-state index >= 15 is 0 Å². The molecule has 5 heteroatoms. The molecular weight excluding hydrogens is 224 g/mol. The second-order valence-corrected chi connectivity index (χ2v) is 3.99. The minimum absolute atomic E-state index is 0.296. The van der Waals surface area contributed by atoms with E-state index in [0.717, 1.165) is 22.8 Å². The summed E-state index contributed by atoms with van der Waals surface area (Å²) in [5.74, 6) is 1.57. The summed E-state index contributed by atoms with van der Waals surface area (Å²) in [5.41, 5.74) is 2.09. The van der Waals surface area contributed by atoms with Gasteiger partial charge in [-0.1, -0.05) is 0 Å². The van der Waals surface area contributed by atoms with Gasteiger partial charge in [-0.25, -0.2) is 0 Å². The molecule has 82 valence electrons. The molecule has 3 rings (SSSR count). The van der Waals surface area contributed by atoms with Crippen molar-refractivity contribution in [1.29, 1.82) is 0 Å². The average molecular weight is 234 g/mol. The van der Waals surface area contributed by atoms with Crippen LogP contribution >= 0.6 is 12.2 Å². The molecule has 1 N–H and O–H groups in total. The Morgan fingerprint density at radius 3 is 2.88 bits per heavy atom. The first kappa shape index (κ1) is 9.47. The zero-order valence-corrected chi connectivity index (χ0v) is 9.50. The fourth-order valence-electron chi connectivity index (χ4n) is 1.77. The molecule has 0 spiro atoms. The van der Waals surface area contributed by atoms with E-state index < -0.39 is 0 Å². The van der Waals surface area contributed by atoms with Crippen molar-refractivity contribution in [1.82, 2.24) is 9.55 Å². The standard InChI is InChI=1S/C11H10N2O2S/c1-13-8(5-12-11(13)16)7-2-3-9-10(4-7)15-6-14-9/h2-5H,6H2,1H3,(H,12,16). The quantitative estimate of drug-likeness (QED) is 0.770. The number of aromatic nitrogens is 2. The monoisotopic (exact) mass is 234 g/mol. The molecule has 0 aliphatic carbocycles. The molecule has 0 unspecified atom stereocenters. The third kappa shape index (κ3) is 1.32. The highest BCUT2D eigenvalue weighted by Crippen LogP contribution is 2.35. The first-order valence-electron chi connectivity index (χ1n) is 4.90. The Hall–Kier alpha value is -1.75. The first-order valence-corrected chi connectivity index (χ1v) is 5.31. The van der Waals surface area contributed by atoms with Gasteiger partial charge in [-0.3, -0.25) is 0 Å². The van der Waals surface area contributed by atoms with Crippen molar-refractivity contribution >= 4 is 12.2 Å². The lowest BCUT2D eigenvalue weighted by atomic mass is 10.1. The van der Waals surface area contributed by atoms with Gasteiger partial charge in [-0.05, 0) is 30.4 Å². The first-order chi connectivity index (χ1) is 7.75. The maximum Gasteiger partial charge on any atom is 0.231 e. The Morgan fingerprint density at radius 2 is 2.12 bits per heavy atom. The van der Waals surface area contributed by atoms with Gasteiger partial charge in [0.15, 0.2) is 16.3 Å². The SMILES string of the molecule is Cn1c(-c2ccc3c(c2)OCO3)c[nH]c1=S. The summed E-state index contributed by atoms with van der Waals surface area (Å²) in [6.07, 6.45) is 1.89. The van der Waals surface area contributed by atoms with Crippen LogP contribution in [0.1, 0.15) is 0 Å². The molecule has 0 amide bonds. The minimum Gasteiger partial charge on any atom is -0.454 e. The van der Waals surface area contributed by atoms with Gasteiger partial charge in [-0.15, -0.1) is 0 Å². The minimum atomic E-state index is 0.296. The summed E-state index contributed by atoms with van der Waals surface area (Å²) in [4.78, 5) is 3.01. The number of fused-ring (bicyclic) bond motifs is 1. The molecule has 0 saturated heterocycles. The van der Waals surface area contributed by atoms with Crippen LogP contribution in [0.2, 0.25) is 0 Å². The zero-order chi connectivity index (χ0) is 11.1. The van der Waals surface area contributed by atoms with Crippen LogP contribution in [-0.2, 0) is 7.05 Å². The molecule has 0 saturated carbocycles. The fraction of sp³-hybridized carbons (Fsp3) is 0.182. The number of H-pyrrole nitrogens is 1. The smallest absolute Gasteiger partial charge is 0.231 e. The summed E-state index contributed by atoms with van der Waals surface area (Å²) in [7, 11) is 1.93. The third-order valence-corrected chi connectivity index (χ3v) is 3.06. The molecular formula is C11H10N2O2S. The lowest BCUT2D eigenvalue weighted by Gasteiger charge is -2.03. The molecule has 2 heterocycles. The third-order valence-electron chi connectivity index (χ3n) is 2.67.